The number of ether oxygens (including phenoxy) is 1. The van der Waals surface area contributed by atoms with Gasteiger partial charge in [0.05, 0.1) is 0 Å². The van der Waals surface area contributed by atoms with Gasteiger partial charge in [-0.25, -0.2) is 0 Å². The number of amides is 2. The van der Waals surface area contributed by atoms with Crippen molar-refractivity contribution in [1.82, 2.24) is 15.6 Å². The number of carbonyl (C=O) groups excluding carboxylic acids is 2. The van der Waals surface area contributed by atoms with Gasteiger partial charge in [0.25, 0.3) is 5.91 Å². The molecular formula is C17H21N3O6. The average molecular weight is 363 g/mol. The number of aromatic nitrogens is 1. The highest BCUT2D eigenvalue weighted by atomic mass is 16.6. The Labute approximate surface area is 149 Å². The second kappa shape index (κ2) is 7.42. The fourth-order valence-corrected chi connectivity index (χ4v) is 2.99. The molecule has 0 aliphatic carbocycles. The number of aromatic amines is 1. The third-order valence-electron chi connectivity index (χ3n) is 4.33. The van der Waals surface area contributed by atoms with Crippen LogP contribution in [0.25, 0.3) is 10.9 Å². The number of benzene rings is 1. The Hall–Kier alpha value is -2.46. The summed E-state index contributed by atoms with van der Waals surface area (Å²) >= 11 is 0. The van der Waals surface area contributed by atoms with Gasteiger partial charge in [-0.05, 0) is 12.1 Å². The van der Waals surface area contributed by atoms with E-state index in [0.717, 1.165) is 10.9 Å². The number of aliphatic hydroxyl groups is 3. The Kier molecular flexibility index (Phi) is 5.23. The topological polar surface area (TPSA) is 144 Å². The molecule has 1 aliphatic rings. The minimum absolute atomic E-state index is 0.129. The van der Waals surface area contributed by atoms with Gasteiger partial charge in [-0.15, -0.1) is 0 Å². The van der Waals surface area contributed by atoms with E-state index in [9.17, 15) is 24.9 Å². The molecule has 3 rings (SSSR count). The number of fused-ring (bicyclic) bond motifs is 1. The van der Waals surface area contributed by atoms with E-state index < -0.39 is 42.5 Å². The monoisotopic (exact) mass is 363 g/mol. The van der Waals surface area contributed by atoms with E-state index in [1.165, 1.54) is 6.92 Å². The molecule has 26 heavy (non-hydrogen) atoms. The molecule has 140 valence electrons. The first-order valence-electron chi connectivity index (χ1n) is 8.19. The fraction of sp³-hybridized carbons (Fsp3) is 0.412. The van der Waals surface area contributed by atoms with Crippen LogP contribution in [0.5, 0.6) is 0 Å². The van der Waals surface area contributed by atoms with Gasteiger partial charge < -0.3 is 35.7 Å². The highest BCUT2D eigenvalue weighted by Crippen LogP contribution is 2.20. The normalized spacial score (nSPS) is 28.7. The van der Waals surface area contributed by atoms with Gasteiger partial charge in [-0.1, -0.05) is 18.2 Å². The minimum atomic E-state index is -1.51. The second-order valence-electron chi connectivity index (χ2n) is 6.25. The number of H-pyrrole nitrogens is 1. The van der Waals surface area contributed by atoms with Gasteiger partial charge in [0.2, 0.25) is 5.91 Å². The van der Waals surface area contributed by atoms with E-state index in [0.29, 0.717) is 5.69 Å². The molecule has 1 unspecified atom stereocenters. The summed E-state index contributed by atoms with van der Waals surface area (Å²) in [7, 11) is 0. The Morgan fingerprint density at radius 2 is 1.92 bits per heavy atom. The number of carbonyl (C=O) groups is 2. The molecule has 5 atom stereocenters. The summed E-state index contributed by atoms with van der Waals surface area (Å²) in [6.07, 6.45) is -5.36. The number of nitrogens with one attached hydrogen (secondary N) is 3. The predicted octanol–water partition coefficient (Wildman–Crippen LogP) is -1.16. The molecule has 0 bridgehead atoms. The van der Waals surface area contributed by atoms with Crippen molar-refractivity contribution in [1.29, 1.82) is 0 Å². The van der Waals surface area contributed by atoms with Crippen molar-refractivity contribution in [2.24, 2.45) is 0 Å². The fourth-order valence-electron chi connectivity index (χ4n) is 2.99. The van der Waals surface area contributed by atoms with Crippen LogP contribution in [0, 0.1) is 0 Å². The van der Waals surface area contributed by atoms with Crippen molar-refractivity contribution in [3.05, 3.63) is 36.0 Å². The maximum absolute atomic E-state index is 12.3. The summed E-state index contributed by atoms with van der Waals surface area (Å²) in [5, 5.41) is 35.9. The average Bonchev–Trinajstić information content (AvgIpc) is 3.04. The van der Waals surface area contributed by atoms with Gasteiger partial charge >= 0.3 is 0 Å². The van der Waals surface area contributed by atoms with Gasteiger partial charge in [-0.3, -0.25) is 9.59 Å². The molecule has 2 amide bonds. The van der Waals surface area contributed by atoms with Crippen LogP contribution in [0.4, 0.5) is 0 Å². The largest absolute Gasteiger partial charge is 0.388 e. The molecule has 1 aromatic heterocycles. The highest BCUT2D eigenvalue weighted by Gasteiger charge is 2.44. The molecule has 0 radical (unpaired) electrons. The Morgan fingerprint density at radius 3 is 2.62 bits per heavy atom. The highest BCUT2D eigenvalue weighted by molar-refractivity contribution is 5.97. The number of rotatable bonds is 4. The lowest BCUT2D eigenvalue weighted by Gasteiger charge is -2.40. The molecule has 9 nitrogen and oxygen atoms in total. The summed E-state index contributed by atoms with van der Waals surface area (Å²) < 4.78 is 5.23. The molecule has 1 saturated heterocycles. The first-order valence-corrected chi connectivity index (χ1v) is 8.19. The molecule has 2 heterocycles. The van der Waals surface area contributed by atoms with Crippen molar-refractivity contribution in [3.63, 3.8) is 0 Å². The number of para-hydroxylation sites is 1. The zero-order valence-corrected chi connectivity index (χ0v) is 14.0. The van der Waals surface area contributed by atoms with Crippen LogP contribution >= 0.6 is 0 Å². The van der Waals surface area contributed by atoms with Crippen LogP contribution in [0.3, 0.4) is 0 Å². The summed E-state index contributed by atoms with van der Waals surface area (Å²) in [6, 6.07) is 7.96. The lowest BCUT2D eigenvalue weighted by Crippen LogP contribution is -2.64. The van der Waals surface area contributed by atoms with Crippen molar-refractivity contribution in [2.75, 3.05) is 6.54 Å². The van der Waals surface area contributed by atoms with E-state index in [4.69, 9.17) is 4.74 Å². The van der Waals surface area contributed by atoms with Gasteiger partial charge in [0.15, 0.2) is 6.29 Å². The van der Waals surface area contributed by atoms with Crippen molar-refractivity contribution in [3.8, 4) is 0 Å². The van der Waals surface area contributed by atoms with Crippen molar-refractivity contribution in [2.45, 2.75) is 37.6 Å². The molecule has 0 spiro atoms. The van der Waals surface area contributed by atoms with Crippen LogP contribution in [-0.4, -0.2) is 69.3 Å². The number of aliphatic hydroxyl groups excluding tert-OH is 3. The molecule has 1 fully saturated rings. The van der Waals surface area contributed by atoms with Crippen LogP contribution in [-0.2, 0) is 9.53 Å². The quantitative estimate of drug-likeness (QED) is 0.404. The first-order chi connectivity index (χ1) is 12.4. The van der Waals surface area contributed by atoms with Crippen LogP contribution in [0.15, 0.2) is 30.3 Å². The van der Waals surface area contributed by atoms with E-state index in [1.807, 2.05) is 24.3 Å². The zero-order chi connectivity index (χ0) is 18.8. The summed E-state index contributed by atoms with van der Waals surface area (Å²) in [4.78, 5) is 26.4. The SMILES string of the molecule is CC(=O)N[C@@H]1C(O)[C@@H](O)[C@@H](CNC(=O)c2cc3ccccc3[nH]2)O[C@H]1O. The van der Waals surface area contributed by atoms with Crippen LogP contribution < -0.4 is 10.6 Å². The maximum atomic E-state index is 12.3. The van der Waals surface area contributed by atoms with Crippen LogP contribution in [0.2, 0.25) is 0 Å². The van der Waals surface area contributed by atoms with Crippen molar-refractivity contribution < 1.29 is 29.6 Å². The maximum Gasteiger partial charge on any atom is 0.267 e. The molecular weight excluding hydrogens is 342 g/mol. The first kappa shape index (κ1) is 18.3. The predicted molar refractivity (Wildman–Crippen MR) is 91.1 cm³/mol. The van der Waals surface area contributed by atoms with Gasteiger partial charge in [0.1, 0.15) is 30.0 Å². The Morgan fingerprint density at radius 1 is 1.19 bits per heavy atom. The minimum Gasteiger partial charge on any atom is -0.388 e. The molecule has 1 aromatic carbocycles. The Bertz CT molecular complexity index is 774. The summed E-state index contributed by atoms with van der Waals surface area (Å²) in [6.45, 7) is 1.09. The van der Waals surface area contributed by atoms with Gasteiger partial charge in [-0.2, -0.15) is 0 Å². The molecule has 6 N–H and O–H groups in total. The second-order valence-corrected chi connectivity index (χ2v) is 6.25. The third-order valence-corrected chi connectivity index (χ3v) is 4.33. The molecule has 2 aromatic rings. The summed E-state index contributed by atoms with van der Waals surface area (Å²) in [5.41, 5.74) is 1.16. The number of hydrogen-bond donors (Lipinski definition) is 6. The smallest absolute Gasteiger partial charge is 0.267 e. The van der Waals surface area contributed by atoms with E-state index >= 15 is 0 Å². The standard InChI is InChI=1S/C17H21N3O6/c1-8(21)19-13-15(23)14(22)12(26-17(13)25)7-18-16(24)11-6-9-4-2-3-5-10(9)20-11/h2-6,12-15,17,20,22-23,25H,7H2,1H3,(H,18,24)(H,19,21)/t12-,13-,14+,15?,17-/m1/s1. The summed E-state index contributed by atoms with van der Waals surface area (Å²) in [5.74, 6) is -0.889. The van der Waals surface area contributed by atoms with E-state index in [2.05, 4.69) is 15.6 Å². The molecule has 1 aliphatic heterocycles. The molecule has 9 heteroatoms. The lowest BCUT2D eigenvalue weighted by atomic mass is 9.96. The van der Waals surface area contributed by atoms with Crippen LogP contribution in [0.1, 0.15) is 17.4 Å². The molecule has 0 saturated carbocycles. The lowest BCUT2D eigenvalue weighted by molar-refractivity contribution is -0.245. The number of hydrogen-bond acceptors (Lipinski definition) is 6. The van der Waals surface area contributed by atoms with Crippen molar-refractivity contribution >= 4 is 22.7 Å². The van der Waals surface area contributed by atoms with Gasteiger partial charge in [0, 0.05) is 24.4 Å². The van der Waals surface area contributed by atoms with E-state index in [-0.39, 0.29) is 6.54 Å². The third kappa shape index (κ3) is 3.70. The Balaban J connectivity index is 1.62. The zero-order valence-electron chi connectivity index (χ0n) is 14.0. The van der Waals surface area contributed by atoms with E-state index in [1.54, 1.807) is 6.07 Å².